The predicted octanol–water partition coefficient (Wildman–Crippen LogP) is 4.86. The second kappa shape index (κ2) is 6.38. The second-order valence-corrected chi connectivity index (χ2v) is 9.19. The van der Waals surface area contributed by atoms with Crippen molar-refractivity contribution in [2.75, 3.05) is 0 Å². The van der Waals surface area contributed by atoms with E-state index in [9.17, 15) is 9.59 Å². The van der Waals surface area contributed by atoms with E-state index in [1.807, 2.05) is 0 Å². The van der Waals surface area contributed by atoms with Crippen LogP contribution in [0.2, 0.25) is 0 Å². The van der Waals surface area contributed by atoms with E-state index in [0.29, 0.717) is 40.7 Å². The molecule has 4 aliphatic rings. The number of Topliss-reactive ketones (excluding diaryl/α,β-unsaturated/α-hetero) is 2. The molecule has 0 heterocycles. The number of nitriles is 1. The summed E-state index contributed by atoms with van der Waals surface area (Å²) in [6.07, 6.45) is 7.66. The van der Waals surface area contributed by atoms with Gasteiger partial charge in [0.2, 0.25) is 0 Å². The summed E-state index contributed by atoms with van der Waals surface area (Å²) in [5.74, 6) is 3.14. The lowest BCUT2D eigenvalue weighted by atomic mass is 9.44. The summed E-state index contributed by atoms with van der Waals surface area (Å²) < 4.78 is 0. The molecule has 0 radical (unpaired) electrons. The van der Waals surface area contributed by atoms with Gasteiger partial charge in [0.25, 0.3) is 0 Å². The zero-order chi connectivity index (χ0) is 18.4. The van der Waals surface area contributed by atoms with Crippen molar-refractivity contribution in [1.29, 1.82) is 5.26 Å². The maximum absolute atomic E-state index is 12.4. The monoisotopic (exact) mass is 341 g/mol. The first-order valence-electron chi connectivity index (χ1n) is 9.81. The quantitative estimate of drug-likeness (QED) is 0.591. The van der Waals surface area contributed by atoms with E-state index in [0.717, 1.165) is 51.4 Å². The molecule has 0 N–H and O–H groups in total. The summed E-state index contributed by atoms with van der Waals surface area (Å²) >= 11 is 0. The Kier molecular flexibility index (Phi) is 4.69. The molecule has 25 heavy (non-hydrogen) atoms. The molecule has 136 valence electrons. The largest absolute Gasteiger partial charge is 0.300 e. The van der Waals surface area contributed by atoms with Crippen molar-refractivity contribution < 1.29 is 9.59 Å². The van der Waals surface area contributed by atoms with Gasteiger partial charge in [-0.2, -0.15) is 5.26 Å². The van der Waals surface area contributed by atoms with Crippen LogP contribution in [0.4, 0.5) is 0 Å². The van der Waals surface area contributed by atoms with Crippen LogP contribution < -0.4 is 0 Å². The molecular formula is C22H31NO2. The van der Waals surface area contributed by atoms with Crippen molar-refractivity contribution in [3.8, 4) is 6.07 Å². The van der Waals surface area contributed by atoms with Gasteiger partial charge in [-0.25, -0.2) is 0 Å². The second-order valence-electron chi connectivity index (χ2n) is 9.19. The Balaban J connectivity index is 0.000000569. The van der Waals surface area contributed by atoms with Crippen LogP contribution in [-0.4, -0.2) is 11.6 Å². The highest BCUT2D eigenvalue weighted by molar-refractivity contribution is 5.87. The van der Waals surface area contributed by atoms with Gasteiger partial charge in [0.1, 0.15) is 11.6 Å². The molecule has 0 bridgehead atoms. The number of allylic oxidation sites excluding steroid dienone is 1. The number of rotatable bonds is 0. The topological polar surface area (TPSA) is 57.9 Å². The van der Waals surface area contributed by atoms with Crippen molar-refractivity contribution in [2.24, 2.45) is 34.5 Å². The van der Waals surface area contributed by atoms with E-state index in [2.05, 4.69) is 20.4 Å². The fraction of sp³-hybridized carbons (Fsp3) is 0.773. The van der Waals surface area contributed by atoms with E-state index in [1.54, 1.807) is 6.07 Å². The number of hydrogen-bond donors (Lipinski definition) is 0. The Hall–Kier alpha value is -1.43. The minimum atomic E-state index is -0.0855. The molecule has 3 nitrogen and oxygen atoms in total. The molecule has 0 amide bonds. The molecule has 0 saturated heterocycles. The van der Waals surface area contributed by atoms with E-state index in [-0.39, 0.29) is 5.41 Å². The maximum atomic E-state index is 12.4. The Bertz CT molecular complexity index is 645. The van der Waals surface area contributed by atoms with Gasteiger partial charge >= 0.3 is 0 Å². The van der Waals surface area contributed by atoms with Gasteiger partial charge in [-0.1, -0.05) is 26.0 Å². The highest BCUT2D eigenvalue weighted by Crippen LogP contribution is 2.66. The fourth-order valence-corrected chi connectivity index (χ4v) is 6.69. The van der Waals surface area contributed by atoms with Gasteiger partial charge < -0.3 is 0 Å². The summed E-state index contributed by atoms with van der Waals surface area (Å²) in [5.41, 5.74) is 1.57. The molecule has 0 aromatic carbocycles. The first-order valence-corrected chi connectivity index (χ1v) is 9.81. The highest BCUT2D eigenvalue weighted by atomic mass is 16.1. The van der Waals surface area contributed by atoms with Crippen molar-refractivity contribution in [3.63, 3.8) is 0 Å². The molecule has 0 spiro atoms. The van der Waals surface area contributed by atoms with Gasteiger partial charge in [-0.3, -0.25) is 9.59 Å². The average molecular weight is 341 g/mol. The normalized spacial score (nSPS) is 45.4. The molecule has 3 heteroatoms. The summed E-state index contributed by atoms with van der Waals surface area (Å²) in [5, 5.41) is 7.32. The third-order valence-corrected chi connectivity index (χ3v) is 8.16. The van der Waals surface area contributed by atoms with Gasteiger partial charge in [-0.15, -0.1) is 0 Å². The average Bonchev–Trinajstić information content (AvgIpc) is 2.86. The third-order valence-electron chi connectivity index (χ3n) is 8.16. The van der Waals surface area contributed by atoms with Crippen LogP contribution in [0.25, 0.3) is 0 Å². The van der Waals surface area contributed by atoms with E-state index in [1.165, 1.54) is 12.5 Å². The lowest BCUT2D eigenvalue weighted by Crippen LogP contribution is -2.54. The van der Waals surface area contributed by atoms with Crippen LogP contribution in [0.1, 0.15) is 72.1 Å². The predicted molar refractivity (Wildman–Crippen MR) is 97.6 cm³/mol. The standard InChI is InChI=1S/C20H28O2.C2H3N/c1-12-10-13-11-14(21)6-8-19(13,2)16-7-9-20(3)15(18(12)16)4-5-17(20)22;1-2-3/h13,15-16,18H,1,4-11H2,2-3H3;1H3/t13?,15?,16?,18?,19-,20-;/m0./s1. The van der Waals surface area contributed by atoms with E-state index < -0.39 is 0 Å². The minimum Gasteiger partial charge on any atom is -0.300 e. The first-order chi connectivity index (χ1) is 11.8. The van der Waals surface area contributed by atoms with Crippen LogP contribution in [0.3, 0.4) is 0 Å². The van der Waals surface area contributed by atoms with Crippen molar-refractivity contribution in [2.45, 2.75) is 72.1 Å². The van der Waals surface area contributed by atoms with E-state index in [4.69, 9.17) is 5.26 Å². The van der Waals surface area contributed by atoms with Crippen LogP contribution in [-0.2, 0) is 9.59 Å². The third kappa shape index (κ3) is 2.69. The molecule has 4 rings (SSSR count). The fourth-order valence-electron chi connectivity index (χ4n) is 6.69. The number of hydrogen-bond acceptors (Lipinski definition) is 3. The Morgan fingerprint density at radius 2 is 1.76 bits per heavy atom. The summed E-state index contributed by atoms with van der Waals surface area (Å²) in [6, 6.07) is 1.75. The van der Waals surface area contributed by atoms with Crippen molar-refractivity contribution in [3.05, 3.63) is 12.2 Å². The van der Waals surface area contributed by atoms with Gasteiger partial charge in [0.05, 0.1) is 6.07 Å². The van der Waals surface area contributed by atoms with E-state index >= 15 is 0 Å². The zero-order valence-electron chi connectivity index (χ0n) is 15.9. The SMILES string of the molecule is C=C1CC2CC(=O)CC[C@]2(C)C2CC[C@]3(C)C(=O)CCC3C12.CC#N. The Labute approximate surface area is 151 Å². The Morgan fingerprint density at radius 1 is 1.08 bits per heavy atom. The first kappa shape index (κ1) is 18.4. The van der Waals surface area contributed by atoms with Gasteiger partial charge in [-0.05, 0) is 61.2 Å². The lowest BCUT2D eigenvalue weighted by Gasteiger charge is -2.60. The molecule has 0 aliphatic heterocycles. The van der Waals surface area contributed by atoms with Crippen LogP contribution in [0, 0.1) is 45.8 Å². The summed E-state index contributed by atoms with van der Waals surface area (Å²) in [4.78, 5) is 24.4. The molecule has 4 saturated carbocycles. The molecule has 4 unspecified atom stereocenters. The van der Waals surface area contributed by atoms with Gasteiger partial charge in [0, 0.05) is 31.6 Å². The molecular weight excluding hydrogens is 310 g/mol. The number of ketones is 2. The molecule has 4 aliphatic carbocycles. The molecule has 0 aromatic heterocycles. The zero-order valence-corrected chi connectivity index (χ0v) is 15.9. The molecule has 4 fully saturated rings. The maximum Gasteiger partial charge on any atom is 0.139 e. The number of carbonyl (C=O) groups is 2. The highest BCUT2D eigenvalue weighted by Gasteiger charge is 2.61. The number of fused-ring (bicyclic) bond motifs is 5. The number of carbonyl (C=O) groups excluding carboxylic acids is 2. The van der Waals surface area contributed by atoms with Crippen LogP contribution >= 0.6 is 0 Å². The summed E-state index contributed by atoms with van der Waals surface area (Å²) in [6.45, 7) is 10.5. The Morgan fingerprint density at radius 3 is 2.44 bits per heavy atom. The summed E-state index contributed by atoms with van der Waals surface area (Å²) in [7, 11) is 0. The molecule has 0 aromatic rings. The van der Waals surface area contributed by atoms with Gasteiger partial charge in [0.15, 0.2) is 0 Å². The van der Waals surface area contributed by atoms with Crippen molar-refractivity contribution in [1.82, 2.24) is 0 Å². The smallest absolute Gasteiger partial charge is 0.139 e. The van der Waals surface area contributed by atoms with Crippen LogP contribution in [0.5, 0.6) is 0 Å². The van der Waals surface area contributed by atoms with Crippen molar-refractivity contribution >= 4 is 11.6 Å². The minimum absolute atomic E-state index is 0.0855. The number of nitrogens with zero attached hydrogens (tertiary/aromatic N) is 1. The lowest BCUT2D eigenvalue weighted by molar-refractivity contribution is -0.138. The van der Waals surface area contributed by atoms with Crippen LogP contribution in [0.15, 0.2) is 12.2 Å². The molecule has 6 atom stereocenters.